The summed E-state index contributed by atoms with van der Waals surface area (Å²) in [5.74, 6) is 0.325. The van der Waals surface area contributed by atoms with Crippen LogP contribution in [0.1, 0.15) is 30.1 Å². The molecular formula is C14H20N2O3. The number of nitrogens with zero attached hydrogens (tertiary/aromatic N) is 1. The van der Waals surface area contributed by atoms with Gasteiger partial charge in [0.1, 0.15) is 0 Å². The fraction of sp³-hybridized carbons (Fsp3) is 0.500. The number of carbonyl (C=O) groups is 1. The van der Waals surface area contributed by atoms with E-state index in [2.05, 4.69) is 0 Å². The first kappa shape index (κ1) is 13.7. The minimum absolute atomic E-state index is 0.00196. The van der Waals surface area contributed by atoms with Gasteiger partial charge in [0, 0.05) is 6.54 Å². The lowest BCUT2D eigenvalue weighted by molar-refractivity contribution is 0.0673. The van der Waals surface area contributed by atoms with Crippen LogP contribution in [0.15, 0.2) is 18.2 Å². The number of hydrogen-bond acceptors (Lipinski definition) is 4. The molecule has 1 aliphatic rings. The van der Waals surface area contributed by atoms with Gasteiger partial charge < -0.3 is 20.5 Å². The number of carbonyl (C=O) groups excluding carboxylic acids is 1. The number of nitrogen functional groups attached to an aromatic ring is 1. The van der Waals surface area contributed by atoms with Gasteiger partial charge in [0.25, 0.3) is 5.91 Å². The Labute approximate surface area is 113 Å². The van der Waals surface area contributed by atoms with E-state index in [9.17, 15) is 9.90 Å². The zero-order valence-corrected chi connectivity index (χ0v) is 11.1. The molecular weight excluding hydrogens is 244 g/mol. The number of para-hydroxylation sites is 1. The van der Waals surface area contributed by atoms with E-state index < -0.39 is 0 Å². The highest BCUT2D eigenvalue weighted by molar-refractivity contribution is 5.99. The van der Waals surface area contributed by atoms with Crippen molar-refractivity contribution in [2.24, 2.45) is 0 Å². The first-order valence-electron chi connectivity index (χ1n) is 6.62. The van der Waals surface area contributed by atoms with Gasteiger partial charge in [-0.05, 0) is 31.9 Å². The van der Waals surface area contributed by atoms with Crippen molar-refractivity contribution in [3.05, 3.63) is 23.8 Å². The van der Waals surface area contributed by atoms with Crippen molar-refractivity contribution in [1.82, 2.24) is 4.90 Å². The zero-order valence-electron chi connectivity index (χ0n) is 11.1. The molecule has 1 unspecified atom stereocenters. The Kier molecular flexibility index (Phi) is 4.27. The number of hydrogen-bond donors (Lipinski definition) is 2. The normalized spacial score (nSPS) is 18.6. The van der Waals surface area contributed by atoms with Crippen molar-refractivity contribution >= 4 is 11.6 Å². The molecule has 1 saturated heterocycles. The summed E-state index contributed by atoms with van der Waals surface area (Å²) in [5, 5.41) is 9.31. The maximum absolute atomic E-state index is 12.5. The molecule has 104 valence electrons. The van der Waals surface area contributed by atoms with Crippen LogP contribution in [0, 0.1) is 0 Å². The Morgan fingerprint density at radius 3 is 3.05 bits per heavy atom. The van der Waals surface area contributed by atoms with Gasteiger partial charge in [-0.1, -0.05) is 6.07 Å². The molecule has 0 saturated carbocycles. The minimum atomic E-state index is -0.118. The summed E-state index contributed by atoms with van der Waals surface area (Å²) in [5.41, 5.74) is 6.81. The number of likely N-dealkylation sites (tertiary alicyclic amines) is 1. The smallest absolute Gasteiger partial charge is 0.258 e. The number of nitrogens with two attached hydrogens (primary N) is 1. The van der Waals surface area contributed by atoms with Crippen molar-refractivity contribution in [3.63, 3.8) is 0 Å². The summed E-state index contributed by atoms with van der Waals surface area (Å²) >= 11 is 0. The number of benzene rings is 1. The number of aliphatic hydroxyl groups is 1. The van der Waals surface area contributed by atoms with Crippen molar-refractivity contribution in [1.29, 1.82) is 0 Å². The maximum Gasteiger partial charge on any atom is 0.258 e. The summed E-state index contributed by atoms with van der Waals surface area (Å²) in [6.45, 7) is 2.98. The van der Waals surface area contributed by atoms with Crippen LogP contribution in [0.2, 0.25) is 0 Å². The molecule has 0 bridgehead atoms. The number of rotatable bonds is 4. The first-order valence-corrected chi connectivity index (χ1v) is 6.62. The number of ether oxygens (including phenoxy) is 1. The standard InChI is InChI=1S/C14H20N2O3/c1-2-19-13-11(6-3-7-12(13)15)14(18)16-8-4-5-10(16)9-17/h3,6-7,10,17H,2,4-5,8-9,15H2,1H3. The van der Waals surface area contributed by atoms with Crippen LogP contribution < -0.4 is 10.5 Å². The first-order chi connectivity index (χ1) is 9.19. The van der Waals surface area contributed by atoms with E-state index in [0.717, 1.165) is 12.8 Å². The van der Waals surface area contributed by atoms with Crippen LogP contribution in [-0.2, 0) is 0 Å². The van der Waals surface area contributed by atoms with Gasteiger partial charge in [0.05, 0.1) is 30.5 Å². The average Bonchev–Trinajstić information content (AvgIpc) is 2.89. The number of amides is 1. The molecule has 1 amide bonds. The highest BCUT2D eigenvalue weighted by atomic mass is 16.5. The molecule has 1 heterocycles. The van der Waals surface area contributed by atoms with E-state index in [4.69, 9.17) is 10.5 Å². The van der Waals surface area contributed by atoms with Crippen molar-refractivity contribution in [2.45, 2.75) is 25.8 Å². The quantitative estimate of drug-likeness (QED) is 0.803. The van der Waals surface area contributed by atoms with Crippen molar-refractivity contribution in [3.8, 4) is 5.75 Å². The summed E-state index contributed by atoms with van der Waals surface area (Å²) in [6, 6.07) is 5.09. The molecule has 2 rings (SSSR count). The van der Waals surface area contributed by atoms with Crippen LogP contribution in [0.25, 0.3) is 0 Å². The van der Waals surface area contributed by atoms with Crippen LogP contribution >= 0.6 is 0 Å². The van der Waals surface area contributed by atoms with E-state index in [1.54, 1.807) is 23.1 Å². The topological polar surface area (TPSA) is 75.8 Å². The van der Waals surface area contributed by atoms with Crippen LogP contribution in [0.4, 0.5) is 5.69 Å². The molecule has 0 spiro atoms. The Hall–Kier alpha value is -1.75. The van der Waals surface area contributed by atoms with Crippen molar-refractivity contribution in [2.75, 3.05) is 25.5 Å². The molecule has 1 aromatic rings. The van der Waals surface area contributed by atoms with Gasteiger partial charge in [0.15, 0.2) is 5.75 Å². The molecule has 0 aromatic heterocycles. The third-order valence-electron chi connectivity index (χ3n) is 3.41. The SMILES string of the molecule is CCOc1c(N)cccc1C(=O)N1CCCC1CO. The lowest BCUT2D eigenvalue weighted by Crippen LogP contribution is -2.37. The summed E-state index contributed by atoms with van der Waals surface area (Å²) in [6.07, 6.45) is 1.76. The third-order valence-corrected chi connectivity index (χ3v) is 3.41. The van der Waals surface area contributed by atoms with E-state index in [1.165, 1.54) is 0 Å². The molecule has 5 heteroatoms. The van der Waals surface area contributed by atoms with Crippen molar-refractivity contribution < 1.29 is 14.6 Å². The maximum atomic E-state index is 12.5. The van der Waals surface area contributed by atoms with Gasteiger partial charge in [-0.25, -0.2) is 0 Å². The molecule has 0 radical (unpaired) electrons. The van der Waals surface area contributed by atoms with Crippen LogP contribution in [0.3, 0.4) is 0 Å². The highest BCUT2D eigenvalue weighted by Crippen LogP contribution is 2.29. The Morgan fingerprint density at radius 2 is 2.37 bits per heavy atom. The van der Waals surface area contributed by atoms with Gasteiger partial charge in [-0.3, -0.25) is 4.79 Å². The van der Waals surface area contributed by atoms with E-state index in [-0.39, 0.29) is 18.6 Å². The molecule has 1 aliphatic heterocycles. The predicted molar refractivity (Wildman–Crippen MR) is 73.2 cm³/mol. The number of anilines is 1. The van der Waals surface area contributed by atoms with E-state index >= 15 is 0 Å². The average molecular weight is 264 g/mol. The Morgan fingerprint density at radius 1 is 1.58 bits per heavy atom. The molecule has 1 aromatic carbocycles. The molecule has 19 heavy (non-hydrogen) atoms. The van der Waals surface area contributed by atoms with Gasteiger partial charge in [-0.15, -0.1) is 0 Å². The monoisotopic (exact) mass is 264 g/mol. The number of aliphatic hydroxyl groups excluding tert-OH is 1. The van der Waals surface area contributed by atoms with E-state index in [1.807, 2.05) is 6.92 Å². The Balaban J connectivity index is 2.30. The molecule has 1 fully saturated rings. The second-order valence-corrected chi connectivity index (χ2v) is 4.63. The Bertz CT molecular complexity index is 462. The molecule has 5 nitrogen and oxygen atoms in total. The van der Waals surface area contributed by atoms with E-state index in [0.29, 0.717) is 30.2 Å². The highest BCUT2D eigenvalue weighted by Gasteiger charge is 2.30. The van der Waals surface area contributed by atoms with Crippen LogP contribution in [0.5, 0.6) is 5.75 Å². The fourth-order valence-corrected chi connectivity index (χ4v) is 2.48. The molecule has 3 N–H and O–H groups in total. The largest absolute Gasteiger partial charge is 0.491 e. The lowest BCUT2D eigenvalue weighted by Gasteiger charge is -2.24. The molecule has 0 aliphatic carbocycles. The summed E-state index contributed by atoms with van der Waals surface area (Å²) in [7, 11) is 0. The van der Waals surface area contributed by atoms with Gasteiger partial charge >= 0.3 is 0 Å². The van der Waals surface area contributed by atoms with Crippen LogP contribution in [-0.4, -0.2) is 41.7 Å². The lowest BCUT2D eigenvalue weighted by atomic mass is 10.1. The fourth-order valence-electron chi connectivity index (χ4n) is 2.48. The third kappa shape index (κ3) is 2.66. The second kappa shape index (κ2) is 5.93. The minimum Gasteiger partial charge on any atom is -0.491 e. The summed E-state index contributed by atoms with van der Waals surface area (Å²) in [4.78, 5) is 14.2. The predicted octanol–water partition coefficient (Wildman–Crippen LogP) is 1.26. The summed E-state index contributed by atoms with van der Waals surface area (Å²) < 4.78 is 5.48. The van der Waals surface area contributed by atoms with Gasteiger partial charge in [-0.2, -0.15) is 0 Å². The van der Waals surface area contributed by atoms with Gasteiger partial charge in [0.2, 0.25) is 0 Å². The zero-order chi connectivity index (χ0) is 13.8. The molecule has 1 atom stereocenters. The second-order valence-electron chi connectivity index (χ2n) is 4.63.